The maximum Gasteiger partial charge on any atom is 0.269 e. The van der Waals surface area contributed by atoms with Crippen LogP contribution in [0.2, 0.25) is 0 Å². The van der Waals surface area contributed by atoms with Crippen LogP contribution in [0.25, 0.3) is 0 Å². The Hall–Kier alpha value is -0.730. The molecule has 1 fully saturated rings. The number of halogens is 1. The third kappa shape index (κ3) is 3.89. The van der Waals surface area contributed by atoms with Crippen LogP contribution in [0.5, 0.6) is 0 Å². The smallest absolute Gasteiger partial charge is 0.269 e. The minimum Gasteiger partial charge on any atom is -0.295 e. The number of benzene rings is 1. The van der Waals surface area contributed by atoms with Crippen molar-refractivity contribution in [3.8, 4) is 0 Å². The van der Waals surface area contributed by atoms with E-state index < -0.39 is 0 Å². The Morgan fingerprint density at radius 3 is 2.80 bits per heavy atom. The third-order valence-electron chi connectivity index (χ3n) is 3.63. The van der Waals surface area contributed by atoms with E-state index >= 15 is 0 Å². The van der Waals surface area contributed by atoms with Crippen molar-refractivity contribution in [3.05, 3.63) is 39.9 Å². The molecule has 110 valence electrons. The first-order valence-electron chi connectivity index (χ1n) is 6.83. The van der Waals surface area contributed by atoms with Gasteiger partial charge in [-0.3, -0.25) is 19.9 Å². The summed E-state index contributed by atoms with van der Waals surface area (Å²) in [7, 11) is 0. The van der Waals surface area contributed by atoms with Gasteiger partial charge in [0.25, 0.3) is 5.69 Å². The van der Waals surface area contributed by atoms with Gasteiger partial charge in [-0.2, -0.15) is 0 Å². The zero-order valence-corrected chi connectivity index (χ0v) is 14.0. The Balaban J connectivity index is 1.98. The quantitative estimate of drug-likeness (QED) is 0.261. The number of piperazine rings is 1. The molecule has 1 saturated heterocycles. The molecular formula is C14H20IN3O2. The fourth-order valence-electron chi connectivity index (χ4n) is 2.56. The van der Waals surface area contributed by atoms with Gasteiger partial charge in [-0.1, -0.05) is 34.7 Å². The average molecular weight is 389 g/mol. The van der Waals surface area contributed by atoms with Crippen LogP contribution >= 0.6 is 22.6 Å². The number of nitrogens with zero attached hydrogens (tertiary/aromatic N) is 3. The van der Waals surface area contributed by atoms with Gasteiger partial charge < -0.3 is 0 Å². The lowest BCUT2D eigenvalue weighted by atomic mass is 10.1. The largest absolute Gasteiger partial charge is 0.295 e. The first-order valence-corrected chi connectivity index (χ1v) is 8.07. The second kappa shape index (κ2) is 6.82. The molecule has 0 amide bonds. The van der Waals surface area contributed by atoms with Gasteiger partial charge in [-0.25, -0.2) is 0 Å². The molecule has 1 aromatic carbocycles. The molecule has 1 heterocycles. The maximum absolute atomic E-state index is 10.8. The SMILES string of the molecule is CC(C)N1CCN(Cc2cccc([N+](=O)[O-])c2)CC1I. The summed E-state index contributed by atoms with van der Waals surface area (Å²) in [5, 5.41) is 10.8. The highest BCUT2D eigenvalue weighted by atomic mass is 127. The van der Waals surface area contributed by atoms with Crippen molar-refractivity contribution in [1.82, 2.24) is 9.80 Å². The van der Waals surface area contributed by atoms with Gasteiger partial charge in [0.1, 0.15) is 0 Å². The Kier molecular flexibility index (Phi) is 5.34. The van der Waals surface area contributed by atoms with Crippen molar-refractivity contribution < 1.29 is 4.92 Å². The molecule has 0 bridgehead atoms. The zero-order valence-electron chi connectivity index (χ0n) is 11.8. The highest BCUT2D eigenvalue weighted by Crippen LogP contribution is 2.21. The topological polar surface area (TPSA) is 49.6 Å². The van der Waals surface area contributed by atoms with Crippen molar-refractivity contribution in [2.24, 2.45) is 0 Å². The van der Waals surface area contributed by atoms with Crippen LogP contribution in [0.1, 0.15) is 19.4 Å². The molecule has 5 nitrogen and oxygen atoms in total. The van der Waals surface area contributed by atoms with E-state index in [-0.39, 0.29) is 10.6 Å². The van der Waals surface area contributed by atoms with E-state index in [1.165, 1.54) is 0 Å². The Bertz CT molecular complexity index is 481. The van der Waals surface area contributed by atoms with E-state index in [0.717, 1.165) is 31.7 Å². The van der Waals surface area contributed by atoms with Crippen molar-refractivity contribution in [2.45, 2.75) is 30.5 Å². The average Bonchev–Trinajstić information content (AvgIpc) is 2.38. The van der Waals surface area contributed by atoms with E-state index in [1.54, 1.807) is 18.2 Å². The van der Waals surface area contributed by atoms with Crippen LogP contribution in [0.3, 0.4) is 0 Å². The monoisotopic (exact) mass is 389 g/mol. The summed E-state index contributed by atoms with van der Waals surface area (Å²) < 4.78 is 0.500. The van der Waals surface area contributed by atoms with E-state index in [1.807, 2.05) is 6.07 Å². The normalized spacial score (nSPS) is 21.3. The lowest BCUT2D eigenvalue weighted by molar-refractivity contribution is -0.384. The number of hydrogen-bond donors (Lipinski definition) is 0. The fraction of sp³-hybridized carbons (Fsp3) is 0.571. The van der Waals surface area contributed by atoms with Gasteiger partial charge in [0.15, 0.2) is 0 Å². The van der Waals surface area contributed by atoms with Gasteiger partial charge in [-0.15, -0.1) is 0 Å². The summed E-state index contributed by atoms with van der Waals surface area (Å²) in [5.41, 5.74) is 1.19. The molecule has 0 spiro atoms. The highest BCUT2D eigenvalue weighted by molar-refractivity contribution is 14.1. The Morgan fingerprint density at radius 2 is 2.20 bits per heavy atom. The van der Waals surface area contributed by atoms with E-state index in [4.69, 9.17) is 0 Å². The predicted octanol–water partition coefficient (Wildman–Crippen LogP) is 2.88. The lowest BCUT2D eigenvalue weighted by Crippen LogP contribution is -2.52. The van der Waals surface area contributed by atoms with Crippen LogP contribution in [0.15, 0.2) is 24.3 Å². The Morgan fingerprint density at radius 1 is 1.45 bits per heavy atom. The van der Waals surface area contributed by atoms with Gasteiger partial charge in [0.2, 0.25) is 0 Å². The Labute approximate surface area is 133 Å². The van der Waals surface area contributed by atoms with Crippen molar-refractivity contribution in [2.75, 3.05) is 19.6 Å². The zero-order chi connectivity index (χ0) is 14.7. The molecule has 0 aromatic heterocycles. The second-order valence-corrected chi connectivity index (χ2v) is 6.87. The molecule has 1 aromatic rings. The molecule has 0 saturated carbocycles. The van der Waals surface area contributed by atoms with Gasteiger partial charge in [0.05, 0.1) is 8.97 Å². The van der Waals surface area contributed by atoms with E-state index in [0.29, 0.717) is 10.1 Å². The molecule has 0 radical (unpaired) electrons. The highest BCUT2D eigenvalue weighted by Gasteiger charge is 2.26. The van der Waals surface area contributed by atoms with Gasteiger partial charge >= 0.3 is 0 Å². The predicted molar refractivity (Wildman–Crippen MR) is 88.0 cm³/mol. The summed E-state index contributed by atoms with van der Waals surface area (Å²) in [6.07, 6.45) is 0. The van der Waals surface area contributed by atoms with E-state index in [2.05, 4.69) is 46.2 Å². The summed E-state index contributed by atoms with van der Waals surface area (Å²) in [4.78, 5) is 15.3. The van der Waals surface area contributed by atoms with Crippen LogP contribution in [0, 0.1) is 10.1 Å². The summed E-state index contributed by atoms with van der Waals surface area (Å²) in [6, 6.07) is 7.51. The standard InChI is InChI=1S/C14H20IN3O2/c1-11(2)17-7-6-16(10-14(17)15)9-12-4-3-5-13(8-12)18(19)20/h3-5,8,11,14H,6-7,9-10H2,1-2H3. The number of nitro groups is 1. The summed E-state index contributed by atoms with van der Waals surface area (Å²) in [6.45, 7) is 8.30. The molecular weight excluding hydrogens is 369 g/mol. The number of hydrogen-bond acceptors (Lipinski definition) is 4. The van der Waals surface area contributed by atoms with Crippen LogP contribution in [0.4, 0.5) is 5.69 Å². The molecule has 6 heteroatoms. The van der Waals surface area contributed by atoms with E-state index in [9.17, 15) is 10.1 Å². The number of rotatable bonds is 4. The van der Waals surface area contributed by atoms with Crippen molar-refractivity contribution in [3.63, 3.8) is 0 Å². The number of alkyl halides is 1. The third-order valence-corrected chi connectivity index (χ3v) is 4.74. The minimum absolute atomic E-state index is 0.175. The maximum atomic E-state index is 10.8. The summed E-state index contributed by atoms with van der Waals surface area (Å²) >= 11 is 2.49. The molecule has 1 unspecified atom stereocenters. The first-order chi connectivity index (χ1) is 9.47. The molecule has 0 aliphatic carbocycles. The molecule has 0 N–H and O–H groups in total. The fourth-order valence-corrected chi connectivity index (χ4v) is 4.04. The molecule has 1 aliphatic heterocycles. The van der Waals surface area contributed by atoms with Crippen LogP contribution in [-0.2, 0) is 6.54 Å². The lowest BCUT2D eigenvalue weighted by Gasteiger charge is -2.41. The van der Waals surface area contributed by atoms with Gasteiger partial charge in [0, 0.05) is 44.4 Å². The molecule has 1 aliphatic rings. The molecule has 1 atom stereocenters. The summed E-state index contributed by atoms with van der Waals surface area (Å²) in [5.74, 6) is 0. The number of nitro benzene ring substituents is 1. The van der Waals surface area contributed by atoms with Crippen LogP contribution < -0.4 is 0 Å². The first kappa shape index (κ1) is 15.7. The van der Waals surface area contributed by atoms with Crippen molar-refractivity contribution >= 4 is 28.3 Å². The molecule has 20 heavy (non-hydrogen) atoms. The van der Waals surface area contributed by atoms with Crippen molar-refractivity contribution in [1.29, 1.82) is 0 Å². The van der Waals surface area contributed by atoms with Crippen LogP contribution in [-0.4, -0.2) is 44.4 Å². The second-order valence-electron chi connectivity index (χ2n) is 5.43. The number of non-ortho nitro benzene ring substituents is 1. The minimum atomic E-state index is -0.332. The molecule has 2 rings (SSSR count). The van der Waals surface area contributed by atoms with Gasteiger partial charge in [-0.05, 0) is 19.4 Å².